The van der Waals surface area contributed by atoms with Crippen molar-refractivity contribution in [3.8, 4) is 11.1 Å². The molecule has 0 unspecified atom stereocenters. The number of hydrogen-bond acceptors (Lipinski definition) is 1. The molecular formula is C11H7F2NO. The van der Waals surface area contributed by atoms with Gasteiger partial charge in [-0.05, 0) is 23.8 Å². The van der Waals surface area contributed by atoms with Gasteiger partial charge in [-0.15, -0.1) is 0 Å². The van der Waals surface area contributed by atoms with Crippen LogP contribution in [0.25, 0.3) is 11.1 Å². The zero-order chi connectivity index (χ0) is 10.8. The second kappa shape index (κ2) is 3.65. The van der Waals surface area contributed by atoms with Crippen molar-refractivity contribution in [3.63, 3.8) is 0 Å². The molecule has 0 bridgehead atoms. The Kier molecular flexibility index (Phi) is 2.33. The Morgan fingerprint density at radius 1 is 1.07 bits per heavy atom. The van der Waals surface area contributed by atoms with Crippen LogP contribution in [0.5, 0.6) is 0 Å². The predicted molar refractivity (Wildman–Crippen MR) is 52.4 cm³/mol. The van der Waals surface area contributed by atoms with Crippen LogP contribution in [0.15, 0.2) is 41.3 Å². The molecule has 1 heterocycles. The molecule has 4 heteroatoms. The molecule has 0 amide bonds. The molecule has 76 valence electrons. The fraction of sp³-hybridized carbons (Fsp3) is 0. The first-order chi connectivity index (χ1) is 7.16. The first-order valence-electron chi connectivity index (χ1n) is 4.31. The highest BCUT2D eigenvalue weighted by molar-refractivity contribution is 5.62. The van der Waals surface area contributed by atoms with Gasteiger partial charge >= 0.3 is 0 Å². The Labute approximate surface area is 84.2 Å². The van der Waals surface area contributed by atoms with Crippen LogP contribution in [0.2, 0.25) is 0 Å². The minimum atomic E-state index is -0.878. The number of hydrogen-bond donors (Lipinski definition) is 1. The van der Waals surface area contributed by atoms with Crippen molar-refractivity contribution in [3.05, 3.63) is 58.5 Å². The SMILES string of the molecule is O=c1[nH]cc(-c2cccc(F)c2)cc1F. The Balaban J connectivity index is 2.55. The third-order valence-electron chi connectivity index (χ3n) is 2.02. The van der Waals surface area contributed by atoms with Gasteiger partial charge in [0.1, 0.15) is 5.82 Å². The molecule has 1 aromatic carbocycles. The molecule has 0 saturated carbocycles. The number of nitrogens with one attached hydrogen (secondary N) is 1. The van der Waals surface area contributed by atoms with Gasteiger partial charge in [0.05, 0.1) is 0 Å². The summed E-state index contributed by atoms with van der Waals surface area (Å²) < 4.78 is 25.8. The van der Waals surface area contributed by atoms with E-state index in [4.69, 9.17) is 0 Å². The molecule has 2 nitrogen and oxygen atoms in total. The van der Waals surface area contributed by atoms with E-state index in [1.54, 1.807) is 6.07 Å². The topological polar surface area (TPSA) is 32.9 Å². The highest BCUT2D eigenvalue weighted by atomic mass is 19.1. The van der Waals surface area contributed by atoms with Crippen LogP contribution in [0.1, 0.15) is 0 Å². The van der Waals surface area contributed by atoms with Crippen molar-refractivity contribution in [1.82, 2.24) is 4.98 Å². The number of aromatic nitrogens is 1. The maximum absolute atomic E-state index is 12.9. The third-order valence-corrected chi connectivity index (χ3v) is 2.02. The normalized spacial score (nSPS) is 10.3. The Hall–Kier alpha value is -1.97. The fourth-order valence-electron chi connectivity index (χ4n) is 1.29. The molecule has 0 radical (unpaired) electrons. The van der Waals surface area contributed by atoms with E-state index in [2.05, 4.69) is 4.98 Å². The van der Waals surface area contributed by atoms with Crippen LogP contribution in [0.4, 0.5) is 8.78 Å². The molecule has 2 rings (SSSR count). The lowest BCUT2D eigenvalue weighted by molar-refractivity contribution is 0.609. The monoisotopic (exact) mass is 207 g/mol. The summed E-state index contributed by atoms with van der Waals surface area (Å²) >= 11 is 0. The lowest BCUT2D eigenvalue weighted by Crippen LogP contribution is -2.09. The fourth-order valence-corrected chi connectivity index (χ4v) is 1.29. The second-order valence-corrected chi connectivity index (χ2v) is 3.08. The van der Waals surface area contributed by atoms with Crippen molar-refractivity contribution in [2.24, 2.45) is 0 Å². The molecule has 1 aromatic heterocycles. The van der Waals surface area contributed by atoms with E-state index in [-0.39, 0.29) is 0 Å². The number of aromatic amines is 1. The van der Waals surface area contributed by atoms with Crippen molar-refractivity contribution in [1.29, 1.82) is 0 Å². The minimum absolute atomic E-state index is 0.404. The van der Waals surface area contributed by atoms with Gasteiger partial charge in [0.25, 0.3) is 5.56 Å². The molecule has 0 aliphatic heterocycles. The average molecular weight is 207 g/mol. The Bertz CT molecular complexity index is 548. The van der Waals surface area contributed by atoms with Gasteiger partial charge in [0, 0.05) is 11.8 Å². The highest BCUT2D eigenvalue weighted by Gasteiger charge is 2.03. The maximum Gasteiger partial charge on any atom is 0.283 e. The van der Waals surface area contributed by atoms with Gasteiger partial charge in [-0.2, -0.15) is 0 Å². The summed E-state index contributed by atoms with van der Waals surface area (Å²) in [6, 6.07) is 6.80. The quantitative estimate of drug-likeness (QED) is 0.764. The highest BCUT2D eigenvalue weighted by Crippen LogP contribution is 2.18. The molecule has 1 N–H and O–H groups in total. The smallest absolute Gasteiger partial charge is 0.283 e. The molecule has 2 aromatic rings. The molecule has 0 aliphatic rings. The molecule has 0 spiro atoms. The van der Waals surface area contributed by atoms with E-state index in [0.29, 0.717) is 11.1 Å². The van der Waals surface area contributed by atoms with Gasteiger partial charge in [-0.25, -0.2) is 8.78 Å². The summed E-state index contributed by atoms with van der Waals surface area (Å²) in [4.78, 5) is 13.0. The predicted octanol–water partition coefficient (Wildman–Crippen LogP) is 2.32. The molecule has 15 heavy (non-hydrogen) atoms. The van der Waals surface area contributed by atoms with E-state index >= 15 is 0 Å². The van der Waals surface area contributed by atoms with Crippen LogP contribution in [0, 0.1) is 11.6 Å². The number of pyridine rings is 1. The summed E-state index contributed by atoms with van der Waals surface area (Å²) in [6.07, 6.45) is 1.35. The first kappa shape index (κ1) is 9.58. The summed E-state index contributed by atoms with van der Waals surface area (Å²) in [6.45, 7) is 0. The van der Waals surface area contributed by atoms with Gasteiger partial charge in [0.2, 0.25) is 0 Å². The molecule has 0 saturated heterocycles. The van der Waals surface area contributed by atoms with Crippen LogP contribution < -0.4 is 5.56 Å². The van der Waals surface area contributed by atoms with E-state index in [1.807, 2.05) is 0 Å². The number of rotatable bonds is 1. The second-order valence-electron chi connectivity index (χ2n) is 3.08. The summed E-state index contributed by atoms with van der Waals surface area (Å²) in [7, 11) is 0. The van der Waals surface area contributed by atoms with Gasteiger partial charge in [0.15, 0.2) is 5.82 Å². The van der Waals surface area contributed by atoms with Crippen LogP contribution in [-0.2, 0) is 0 Å². The van der Waals surface area contributed by atoms with Crippen molar-refractivity contribution in [2.45, 2.75) is 0 Å². The summed E-state index contributed by atoms with van der Waals surface area (Å²) in [5, 5.41) is 0. The standard InChI is InChI=1S/C11H7F2NO/c12-9-3-1-2-7(4-9)8-5-10(13)11(15)14-6-8/h1-6H,(H,14,15). The molecular weight excluding hydrogens is 200 g/mol. The number of H-pyrrole nitrogens is 1. The third kappa shape index (κ3) is 1.93. The van der Waals surface area contributed by atoms with E-state index in [1.165, 1.54) is 24.4 Å². The Morgan fingerprint density at radius 2 is 1.87 bits per heavy atom. The van der Waals surface area contributed by atoms with Gasteiger partial charge in [-0.1, -0.05) is 12.1 Å². The zero-order valence-corrected chi connectivity index (χ0v) is 7.63. The average Bonchev–Trinajstić information content (AvgIpc) is 2.22. The molecule has 0 atom stereocenters. The number of halogens is 2. The van der Waals surface area contributed by atoms with Gasteiger partial charge in [-0.3, -0.25) is 4.79 Å². The lowest BCUT2D eigenvalue weighted by atomic mass is 10.1. The Morgan fingerprint density at radius 3 is 2.53 bits per heavy atom. The molecule has 0 aliphatic carbocycles. The van der Waals surface area contributed by atoms with Gasteiger partial charge < -0.3 is 4.98 Å². The minimum Gasteiger partial charge on any atom is -0.326 e. The summed E-state index contributed by atoms with van der Waals surface area (Å²) in [5.41, 5.74) is 0.173. The molecule has 0 fully saturated rings. The largest absolute Gasteiger partial charge is 0.326 e. The van der Waals surface area contributed by atoms with Crippen LogP contribution in [-0.4, -0.2) is 4.98 Å². The van der Waals surface area contributed by atoms with Crippen LogP contribution in [0.3, 0.4) is 0 Å². The first-order valence-corrected chi connectivity index (χ1v) is 4.31. The van der Waals surface area contributed by atoms with E-state index < -0.39 is 17.2 Å². The lowest BCUT2D eigenvalue weighted by Gasteiger charge is -2.00. The van der Waals surface area contributed by atoms with Crippen molar-refractivity contribution >= 4 is 0 Å². The van der Waals surface area contributed by atoms with Crippen molar-refractivity contribution < 1.29 is 8.78 Å². The van der Waals surface area contributed by atoms with E-state index in [0.717, 1.165) is 6.07 Å². The van der Waals surface area contributed by atoms with Crippen LogP contribution >= 0.6 is 0 Å². The number of benzene rings is 1. The zero-order valence-electron chi connectivity index (χ0n) is 7.63. The van der Waals surface area contributed by atoms with E-state index in [9.17, 15) is 13.6 Å². The van der Waals surface area contributed by atoms with Crippen molar-refractivity contribution in [2.75, 3.05) is 0 Å². The summed E-state index contributed by atoms with van der Waals surface area (Å²) in [5.74, 6) is -1.28. The maximum atomic E-state index is 12.9.